The third kappa shape index (κ3) is 4.73. The SMILES string of the molecule is CCS(=O)(=O)c1ccccc1C(=O)N(C)Cc1cn(-c2ccccc2)nc1-c1ccccc1. The molecule has 0 unspecified atom stereocenters. The third-order valence-corrected chi connectivity index (χ3v) is 7.23. The molecule has 1 heterocycles. The van der Waals surface area contributed by atoms with Gasteiger partial charge in [-0.05, 0) is 24.3 Å². The maximum Gasteiger partial charge on any atom is 0.255 e. The molecule has 0 saturated carbocycles. The third-order valence-electron chi connectivity index (χ3n) is 5.44. The molecule has 0 spiro atoms. The van der Waals surface area contributed by atoms with Crippen LogP contribution in [0.5, 0.6) is 0 Å². The second-order valence-electron chi connectivity index (χ2n) is 7.71. The van der Waals surface area contributed by atoms with Crippen molar-refractivity contribution in [1.82, 2.24) is 14.7 Å². The summed E-state index contributed by atoms with van der Waals surface area (Å²) in [5, 5.41) is 4.79. The van der Waals surface area contributed by atoms with Gasteiger partial charge in [0, 0.05) is 30.9 Å². The molecule has 33 heavy (non-hydrogen) atoms. The van der Waals surface area contributed by atoms with Crippen LogP contribution in [0.15, 0.2) is 96.0 Å². The zero-order chi connectivity index (χ0) is 23.4. The Labute approximate surface area is 194 Å². The van der Waals surface area contributed by atoms with Crippen molar-refractivity contribution in [3.05, 3.63) is 102 Å². The van der Waals surface area contributed by atoms with Crippen LogP contribution in [0.1, 0.15) is 22.8 Å². The molecule has 6 nitrogen and oxygen atoms in total. The minimum atomic E-state index is -3.53. The van der Waals surface area contributed by atoms with E-state index in [4.69, 9.17) is 5.10 Å². The Bertz CT molecular complexity index is 1360. The molecule has 0 aliphatic carbocycles. The first-order valence-corrected chi connectivity index (χ1v) is 12.3. The smallest absolute Gasteiger partial charge is 0.255 e. The quantitative estimate of drug-likeness (QED) is 0.405. The lowest BCUT2D eigenvalue weighted by Crippen LogP contribution is -2.28. The summed E-state index contributed by atoms with van der Waals surface area (Å²) < 4.78 is 26.8. The van der Waals surface area contributed by atoms with Crippen molar-refractivity contribution in [3.63, 3.8) is 0 Å². The van der Waals surface area contributed by atoms with E-state index in [1.807, 2.05) is 66.9 Å². The normalized spacial score (nSPS) is 11.3. The molecule has 0 aliphatic heterocycles. The lowest BCUT2D eigenvalue weighted by molar-refractivity contribution is 0.0781. The van der Waals surface area contributed by atoms with E-state index in [9.17, 15) is 13.2 Å². The zero-order valence-electron chi connectivity index (χ0n) is 18.5. The molecule has 168 valence electrons. The van der Waals surface area contributed by atoms with Crippen LogP contribution in [0, 0.1) is 0 Å². The first kappa shape index (κ1) is 22.5. The Balaban J connectivity index is 1.71. The number of carbonyl (C=O) groups excluding carboxylic acids is 1. The average molecular weight is 460 g/mol. The van der Waals surface area contributed by atoms with Gasteiger partial charge in [0.1, 0.15) is 0 Å². The fraction of sp³-hybridized carbons (Fsp3) is 0.154. The van der Waals surface area contributed by atoms with Crippen LogP contribution in [-0.4, -0.2) is 41.8 Å². The first-order valence-electron chi connectivity index (χ1n) is 10.7. The molecule has 0 N–H and O–H groups in total. The van der Waals surface area contributed by atoms with Crippen molar-refractivity contribution in [2.45, 2.75) is 18.4 Å². The molecule has 4 aromatic rings. The van der Waals surface area contributed by atoms with E-state index in [2.05, 4.69) is 0 Å². The molecule has 1 aromatic heterocycles. The highest BCUT2D eigenvalue weighted by molar-refractivity contribution is 7.91. The fourth-order valence-electron chi connectivity index (χ4n) is 3.68. The van der Waals surface area contributed by atoms with E-state index in [0.29, 0.717) is 0 Å². The molecule has 0 saturated heterocycles. The van der Waals surface area contributed by atoms with Crippen molar-refractivity contribution in [2.75, 3.05) is 12.8 Å². The number of sulfone groups is 1. The van der Waals surface area contributed by atoms with Gasteiger partial charge in [0.15, 0.2) is 9.84 Å². The summed E-state index contributed by atoms with van der Waals surface area (Å²) in [5.41, 5.74) is 3.66. The summed E-state index contributed by atoms with van der Waals surface area (Å²) in [6.45, 7) is 1.85. The monoisotopic (exact) mass is 459 g/mol. The van der Waals surface area contributed by atoms with Gasteiger partial charge >= 0.3 is 0 Å². The summed E-state index contributed by atoms with van der Waals surface area (Å²) in [6.07, 6.45) is 1.91. The summed E-state index contributed by atoms with van der Waals surface area (Å²) in [5.74, 6) is -0.419. The Morgan fingerprint density at radius 1 is 0.909 bits per heavy atom. The number of rotatable bonds is 7. The number of hydrogen-bond acceptors (Lipinski definition) is 4. The van der Waals surface area contributed by atoms with E-state index in [0.717, 1.165) is 22.5 Å². The van der Waals surface area contributed by atoms with Crippen LogP contribution in [0.4, 0.5) is 0 Å². The fourth-order valence-corrected chi connectivity index (χ4v) is 4.77. The number of hydrogen-bond donors (Lipinski definition) is 0. The maximum atomic E-state index is 13.3. The van der Waals surface area contributed by atoms with E-state index >= 15 is 0 Å². The molecular weight excluding hydrogens is 434 g/mol. The molecular formula is C26H25N3O3S. The van der Waals surface area contributed by atoms with Crippen molar-refractivity contribution in [1.29, 1.82) is 0 Å². The molecule has 0 fully saturated rings. The Morgan fingerprint density at radius 3 is 2.18 bits per heavy atom. The average Bonchev–Trinajstić information content (AvgIpc) is 3.28. The lowest BCUT2D eigenvalue weighted by Gasteiger charge is -2.19. The van der Waals surface area contributed by atoms with Gasteiger partial charge in [-0.2, -0.15) is 5.10 Å². The molecule has 0 atom stereocenters. The van der Waals surface area contributed by atoms with Crippen LogP contribution < -0.4 is 0 Å². The van der Waals surface area contributed by atoms with E-state index in [1.54, 1.807) is 36.9 Å². The predicted molar refractivity (Wildman–Crippen MR) is 129 cm³/mol. The Hall–Kier alpha value is -3.71. The highest BCUT2D eigenvalue weighted by Gasteiger charge is 2.24. The molecule has 0 aliphatic rings. The number of benzene rings is 3. The lowest BCUT2D eigenvalue weighted by atomic mass is 10.1. The Morgan fingerprint density at radius 2 is 1.52 bits per heavy atom. The van der Waals surface area contributed by atoms with E-state index in [-0.39, 0.29) is 28.7 Å². The van der Waals surface area contributed by atoms with E-state index < -0.39 is 9.84 Å². The van der Waals surface area contributed by atoms with Crippen LogP contribution in [0.25, 0.3) is 16.9 Å². The van der Waals surface area contributed by atoms with Crippen molar-refractivity contribution in [3.8, 4) is 16.9 Å². The van der Waals surface area contributed by atoms with Crippen LogP contribution in [-0.2, 0) is 16.4 Å². The highest BCUT2D eigenvalue weighted by Crippen LogP contribution is 2.26. The molecule has 7 heteroatoms. The summed E-state index contributed by atoms with van der Waals surface area (Å²) in [4.78, 5) is 14.9. The van der Waals surface area contributed by atoms with Gasteiger partial charge in [0.05, 0.1) is 27.6 Å². The van der Waals surface area contributed by atoms with Gasteiger partial charge in [0.25, 0.3) is 5.91 Å². The van der Waals surface area contributed by atoms with Crippen molar-refractivity contribution >= 4 is 15.7 Å². The largest absolute Gasteiger partial charge is 0.337 e. The first-order chi connectivity index (χ1) is 15.9. The van der Waals surface area contributed by atoms with Gasteiger partial charge in [-0.1, -0.05) is 67.6 Å². The molecule has 3 aromatic carbocycles. The molecule has 0 radical (unpaired) electrons. The van der Waals surface area contributed by atoms with Crippen LogP contribution in [0.3, 0.4) is 0 Å². The standard InChI is InChI=1S/C26H25N3O3S/c1-3-33(31,32)24-17-11-10-16-23(24)26(30)28(2)18-21-19-29(22-14-8-5-9-15-22)27-25(21)20-12-6-4-7-13-20/h4-17,19H,3,18H2,1-2H3. The van der Waals surface area contributed by atoms with Crippen molar-refractivity contribution in [2.24, 2.45) is 0 Å². The van der Waals surface area contributed by atoms with Gasteiger partial charge in [0.2, 0.25) is 0 Å². The van der Waals surface area contributed by atoms with Crippen LogP contribution >= 0.6 is 0 Å². The summed E-state index contributed by atoms with van der Waals surface area (Å²) >= 11 is 0. The van der Waals surface area contributed by atoms with Gasteiger partial charge in [-0.15, -0.1) is 0 Å². The second kappa shape index (κ2) is 9.42. The number of nitrogens with zero attached hydrogens (tertiary/aromatic N) is 3. The Kier molecular flexibility index (Phi) is 6.42. The number of amides is 1. The summed E-state index contributed by atoms with van der Waals surface area (Å²) in [6, 6.07) is 25.9. The van der Waals surface area contributed by atoms with Crippen molar-refractivity contribution < 1.29 is 13.2 Å². The molecule has 0 bridgehead atoms. The predicted octanol–water partition coefficient (Wildman–Crippen LogP) is 4.61. The van der Waals surface area contributed by atoms with Gasteiger partial charge < -0.3 is 4.90 Å². The zero-order valence-corrected chi connectivity index (χ0v) is 19.4. The van der Waals surface area contributed by atoms with E-state index in [1.165, 1.54) is 11.0 Å². The number of para-hydroxylation sites is 1. The minimum Gasteiger partial charge on any atom is -0.337 e. The maximum absolute atomic E-state index is 13.3. The molecule has 1 amide bonds. The molecule has 4 rings (SSSR count). The van der Waals surface area contributed by atoms with Crippen LogP contribution in [0.2, 0.25) is 0 Å². The number of aromatic nitrogens is 2. The second-order valence-corrected chi connectivity index (χ2v) is 9.96. The minimum absolute atomic E-state index is 0.0626. The topological polar surface area (TPSA) is 72.3 Å². The summed E-state index contributed by atoms with van der Waals surface area (Å²) in [7, 11) is -1.85. The van der Waals surface area contributed by atoms with Gasteiger partial charge in [-0.25, -0.2) is 13.1 Å². The number of carbonyl (C=O) groups is 1. The highest BCUT2D eigenvalue weighted by atomic mass is 32.2. The van der Waals surface area contributed by atoms with Gasteiger partial charge in [-0.3, -0.25) is 4.79 Å².